The van der Waals surface area contributed by atoms with E-state index in [0.29, 0.717) is 22.2 Å². The van der Waals surface area contributed by atoms with Crippen molar-refractivity contribution < 1.29 is 4.79 Å². The average Bonchev–Trinajstić information content (AvgIpc) is 3.10. The third-order valence-corrected chi connectivity index (χ3v) is 3.51. The van der Waals surface area contributed by atoms with Crippen LogP contribution in [0.1, 0.15) is 15.4 Å². The highest BCUT2D eigenvalue weighted by atomic mass is 32.1. The Kier molecular flexibility index (Phi) is 3.21. The molecule has 100 valence electrons. The van der Waals surface area contributed by atoms with Crippen LogP contribution in [-0.2, 0) is 0 Å². The Morgan fingerprint density at radius 2 is 2.10 bits per heavy atom. The number of thiazole rings is 1. The highest BCUT2D eigenvalue weighted by Gasteiger charge is 2.12. The van der Waals surface area contributed by atoms with E-state index in [0.717, 1.165) is 0 Å². The quantitative estimate of drug-likeness (QED) is 0.791. The van der Waals surface area contributed by atoms with Crippen LogP contribution >= 0.6 is 11.3 Å². The number of nitrogens with zero attached hydrogens (tertiary/aromatic N) is 5. The first-order valence-corrected chi connectivity index (χ1v) is 6.64. The number of anilines is 1. The van der Waals surface area contributed by atoms with Crippen LogP contribution in [-0.4, -0.2) is 30.4 Å². The number of imidazole rings is 1. The second-order valence-electron chi connectivity index (χ2n) is 3.96. The molecule has 0 radical (unpaired) electrons. The fourth-order valence-electron chi connectivity index (χ4n) is 1.60. The van der Waals surface area contributed by atoms with Crippen molar-refractivity contribution in [1.82, 2.24) is 24.5 Å². The van der Waals surface area contributed by atoms with Crippen LogP contribution in [0.3, 0.4) is 0 Å². The summed E-state index contributed by atoms with van der Waals surface area (Å²) < 4.78 is 1.68. The van der Waals surface area contributed by atoms with Crippen LogP contribution in [0.15, 0.2) is 36.6 Å². The van der Waals surface area contributed by atoms with E-state index in [9.17, 15) is 4.79 Å². The first-order chi connectivity index (χ1) is 9.74. The van der Waals surface area contributed by atoms with Crippen molar-refractivity contribution in [3.63, 3.8) is 0 Å². The number of aryl methyl sites for hydroxylation is 1. The van der Waals surface area contributed by atoms with E-state index >= 15 is 0 Å². The van der Waals surface area contributed by atoms with E-state index < -0.39 is 0 Å². The van der Waals surface area contributed by atoms with Gasteiger partial charge in [-0.25, -0.2) is 19.9 Å². The Balaban J connectivity index is 1.76. The Labute approximate surface area is 118 Å². The maximum atomic E-state index is 12.0. The predicted molar refractivity (Wildman–Crippen MR) is 74.0 cm³/mol. The number of nitrogens with one attached hydrogen (secondary N) is 1. The summed E-state index contributed by atoms with van der Waals surface area (Å²) in [5.41, 5.74) is 2.89. The molecular formula is C12H10N6OS. The number of carbonyl (C=O) groups is 1. The molecule has 0 spiro atoms. The van der Waals surface area contributed by atoms with Gasteiger partial charge in [0.2, 0.25) is 5.95 Å². The maximum absolute atomic E-state index is 12.0. The Morgan fingerprint density at radius 3 is 2.70 bits per heavy atom. The minimum absolute atomic E-state index is 0.205. The van der Waals surface area contributed by atoms with E-state index in [1.165, 1.54) is 11.3 Å². The van der Waals surface area contributed by atoms with Crippen molar-refractivity contribution in [1.29, 1.82) is 0 Å². The summed E-state index contributed by atoms with van der Waals surface area (Å²) in [4.78, 5) is 28.9. The van der Waals surface area contributed by atoms with Crippen molar-refractivity contribution >= 4 is 22.9 Å². The van der Waals surface area contributed by atoms with Crippen molar-refractivity contribution in [3.8, 4) is 5.95 Å². The molecule has 0 fully saturated rings. The zero-order chi connectivity index (χ0) is 13.9. The molecule has 3 rings (SSSR count). The van der Waals surface area contributed by atoms with Gasteiger partial charge in [0.25, 0.3) is 5.91 Å². The lowest BCUT2D eigenvalue weighted by atomic mass is 10.3. The largest absolute Gasteiger partial charge is 0.319 e. The molecule has 7 nitrogen and oxygen atoms in total. The number of aromatic nitrogens is 5. The van der Waals surface area contributed by atoms with Crippen LogP contribution in [0.25, 0.3) is 5.95 Å². The summed E-state index contributed by atoms with van der Waals surface area (Å²) in [5, 5.41) is 2.74. The number of rotatable bonds is 3. The van der Waals surface area contributed by atoms with Gasteiger partial charge in [-0.15, -0.1) is 11.3 Å². The molecule has 0 aliphatic heterocycles. The van der Waals surface area contributed by atoms with Gasteiger partial charge in [0.1, 0.15) is 11.2 Å². The lowest BCUT2D eigenvalue weighted by molar-refractivity contribution is 0.102. The molecule has 8 heteroatoms. The van der Waals surface area contributed by atoms with Crippen molar-refractivity contribution in [2.24, 2.45) is 0 Å². The maximum Gasteiger partial charge on any atom is 0.267 e. The molecule has 0 aliphatic rings. The van der Waals surface area contributed by atoms with E-state index in [1.54, 1.807) is 48.1 Å². The molecule has 0 atom stereocenters. The van der Waals surface area contributed by atoms with Gasteiger partial charge in [-0.3, -0.25) is 9.36 Å². The van der Waals surface area contributed by atoms with E-state index in [1.807, 2.05) is 0 Å². The summed E-state index contributed by atoms with van der Waals surface area (Å²) in [6.45, 7) is 1.80. The summed E-state index contributed by atoms with van der Waals surface area (Å²) >= 11 is 1.30. The molecule has 3 aromatic heterocycles. The lowest BCUT2D eigenvalue weighted by Crippen LogP contribution is -2.12. The molecule has 0 aromatic carbocycles. The van der Waals surface area contributed by atoms with Crippen LogP contribution in [0.5, 0.6) is 0 Å². The Bertz CT molecular complexity index is 719. The van der Waals surface area contributed by atoms with Crippen LogP contribution in [0.2, 0.25) is 0 Å². The molecule has 1 amide bonds. The summed E-state index contributed by atoms with van der Waals surface area (Å²) in [5.74, 6) is 0.290. The zero-order valence-electron chi connectivity index (χ0n) is 10.5. The zero-order valence-corrected chi connectivity index (χ0v) is 11.3. The number of hydrogen-bond donors (Lipinski definition) is 1. The van der Waals surface area contributed by atoms with Crippen LogP contribution in [0.4, 0.5) is 5.69 Å². The Hall–Kier alpha value is -2.61. The van der Waals surface area contributed by atoms with Gasteiger partial charge in [-0.2, -0.15) is 0 Å². The van der Waals surface area contributed by atoms with Gasteiger partial charge < -0.3 is 5.32 Å². The number of hydrogen-bond acceptors (Lipinski definition) is 6. The molecule has 1 N–H and O–H groups in total. The van der Waals surface area contributed by atoms with Crippen molar-refractivity contribution in [2.75, 3.05) is 5.32 Å². The number of amides is 1. The fraction of sp³-hybridized carbons (Fsp3) is 0.0833. The second kappa shape index (κ2) is 5.17. The Morgan fingerprint density at radius 1 is 1.30 bits per heavy atom. The molecule has 0 bridgehead atoms. The van der Waals surface area contributed by atoms with Gasteiger partial charge >= 0.3 is 0 Å². The second-order valence-corrected chi connectivity index (χ2v) is 4.82. The molecule has 3 heterocycles. The normalized spacial score (nSPS) is 10.4. The summed E-state index contributed by atoms with van der Waals surface area (Å²) in [7, 11) is 0. The molecule has 0 saturated carbocycles. The van der Waals surface area contributed by atoms with Gasteiger partial charge in [0.05, 0.1) is 29.3 Å². The fourth-order valence-corrected chi connectivity index (χ4v) is 2.30. The van der Waals surface area contributed by atoms with Gasteiger partial charge in [-0.1, -0.05) is 0 Å². The highest BCUT2D eigenvalue weighted by Crippen LogP contribution is 2.14. The van der Waals surface area contributed by atoms with Crippen molar-refractivity contribution in [2.45, 2.75) is 6.92 Å². The van der Waals surface area contributed by atoms with Crippen LogP contribution in [0, 0.1) is 6.92 Å². The van der Waals surface area contributed by atoms with Gasteiger partial charge in [0, 0.05) is 12.4 Å². The smallest absolute Gasteiger partial charge is 0.267 e. The van der Waals surface area contributed by atoms with Crippen molar-refractivity contribution in [3.05, 3.63) is 47.2 Å². The van der Waals surface area contributed by atoms with Gasteiger partial charge in [0.15, 0.2) is 0 Å². The predicted octanol–water partition coefficient (Wildman–Crippen LogP) is 1.68. The lowest BCUT2D eigenvalue weighted by Gasteiger charge is -2.04. The highest BCUT2D eigenvalue weighted by molar-refractivity contribution is 7.12. The molecule has 0 unspecified atom stereocenters. The van der Waals surface area contributed by atoms with Crippen LogP contribution < -0.4 is 5.32 Å². The standard InChI is InChI=1S/C12H10N6OS/c1-8-10(20-7-16-8)11(19)17-9-4-14-12(15-5-9)18-3-2-13-6-18/h2-7H,1H3,(H,17,19). The first kappa shape index (κ1) is 12.4. The monoisotopic (exact) mass is 286 g/mol. The molecule has 20 heavy (non-hydrogen) atoms. The minimum Gasteiger partial charge on any atom is -0.319 e. The van der Waals surface area contributed by atoms with E-state index in [4.69, 9.17) is 0 Å². The SMILES string of the molecule is Cc1ncsc1C(=O)Nc1cnc(-n2ccnc2)nc1. The topological polar surface area (TPSA) is 85.6 Å². The van der Waals surface area contributed by atoms with E-state index in [-0.39, 0.29) is 5.91 Å². The average molecular weight is 286 g/mol. The third-order valence-electron chi connectivity index (χ3n) is 2.58. The summed E-state index contributed by atoms with van der Waals surface area (Å²) in [6, 6.07) is 0. The van der Waals surface area contributed by atoms with Gasteiger partial charge in [-0.05, 0) is 6.92 Å². The van der Waals surface area contributed by atoms with E-state index in [2.05, 4.69) is 25.3 Å². The molecule has 0 saturated heterocycles. The molecule has 0 aliphatic carbocycles. The number of carbonyl (C=O) groups excluding carboxylic acids is 1. The third kappa shape index (κ3) is 2.41. The minimum atomic E-state index is -0.205. The first-order valence-electron chi connectivity index (χ1n) is 5.76. The molecular weight excluding hydrogens is 276 g/mol. The summed E-state index contributed by atoms with van der Waals surface area (Å²) in [6.07, 6.45) is 8.10. The molecule has 3 aromatic rings.